The number of hydrogen-bond acceptors (Lipinski definition) is 7. The molecule has 2 unspecified atom stereocenters. The van der Waals surface area contributed by atoms with Gasteiger partial charge in [0.2, 0.25) is 0 Å². The summed E-state index contributed by atoms with van der Waals surface area (Å²) >= 11 is 0. The number of esters is 2. The number of carbonyl (C=O) groups excluding carboxylic acids is 3. The van der Waals surface area contributed by atoms with E-state index in [1.165, 1.54) is 38.5 Å². The average molecular weight is 770 g/mol. The van der Waals surface area contributed by atoms with Crippen molar-refractivity contribution in [2.75, 3.05) is 41.0 Å². The highest BCUT2D eigenvalue weighted by Gasteiger charge is 2.25. The summed E-state index contributed by atoms with van der Waals surface area (Å²) in [5.41, 5.74) is 0. The minimum atomic E-state index is -1.13. The maximum Gasteiger partial charge on any atom is 0.306 e. The molecule has 0 aliphatic carbocycles. The van der Waals surface area contributed by atoms with Crippen LogP contribution >= 0.6 is 0 Å². The van der Waals surface area contributed by atoms with Crippen molar-refractivity contribution < 1.29 is 38.2 Å². The number of carbonyl (C=O) groups is 3. The molecule has 0 N–H and O–H groups in total. The van der Waals surface area contributed by atoms with E-state index >= 15 is 0 Å². The number of rotatable bonds is 37. The van der Waals surface area contributed by atoms with Crippen molar-refractivity contribution in [2.45, 2.75) is 167 Å². The van der Waals surface area contributed by atoms with E-state index in [1.807, 2.05) is 0 Å². The standard InChI is InChI=1S/C47H79NO7/c1-6-8-10-12-14-16-17-18-19-20-21-22-23-24-25-26-27-28-30-31-33-35-37-45(49)54-42-43(41-53-40-39-44(47(51)52)48(3,4)5)55-46(50)38-36-34-32-29-15-13-11-9-7-2/h8,10,14,16,18-19,21-22,24-25,27-28,43-44H,6-7,9,11-13,15,17,20,23,26,29-42H2,1-5H3/b10-8+,16-14+,19-18+,22-21+,25-24+,28-27+. The van der Waals surface area contributed by atoms with Gasteiger partial charge in [-0.2, -0.15) is 0 Å². The Balaban J connectivity index is 4.35. The van der Waals surface area contributed by atoms with Gasteiger partial charge >= 0.3 is 11.9 Å². The molecule has 8 heteroatoms. The molecule has 0 aromatic rings. The molecule has 0 spiro atoms. The van der Waals surface area contributed by atoms with Crippen LogP contribution in [0.1, 0.15) is 155 Å². The van der Waals surface area contributed by atoms with Crippen LogP contribution in [0, 0.1) is 0 Å². The van der Waals surface area contributed by atoms with E-state index in [4.69, 9.17) is 14.2 Å². The summed E-state index contributed by atoms with van der Waals surface area (Å²) in [6.45, 7) is 4.47. The monoisotopic (exact) mass is 770 g/mol. The normalized spacial score (nSPS) is 13.7. The van der Waals surface area contributed by atoms with E-state index in [1.54, 1.807) is 21.1 Å². The fraction of sp³-hybridized carbons (Fsp3) is 0.681. The Morgan fingerprint density at radius 3 is 1.51 bits per heavy atom. The number of carboxylic acids is 1. The van der Waals surface area contributed by atoms with Gasteiger partial charge in [0.15, 0.2) is 6.10 Å². The number of hydrogen-bond donors (Lipinski definition) is 0. The first-order chi connectivity index (χ1) is 26.6. The first kappa shape index (κ1) is 51.8. The Hall–Kier alpha value is -3.23. The highest BCUT2D eigenvalue weighted by Crippen LogP contribution is 2.13. The maximum absolute atomic E-state index is 12.6. The van der Waals surface area contributed by atoms with Crippen molar-refractivity contribution in [3.8, 4) is 0 Å². The molecule has 0 amide bonds. The Labute approximate surface area is 336 Å². The van der Waals surface area contributed by atoms with Crippen molar-refractivity contribution in [1.29, 1.82) is 0 Å². The van der Waals surface area contributed by atoms with Crippen LogP contribution in [-0.4, -0.2) is 75.5 Å². The predicted molar refractivity (Wildman–Crippen MR) is 226 cm³/mol. The van der Waals surface area contributed by atoms with Gasteiger partial charge in [-0.05, 0) is 64.2 Å². The summed E-state index contributed by atoms with van der Waals surface area (Å²) in [5, 5.41) is 11.6. The zero-order valence-electron chi connectivity index (χ0n) is 35.6. The number of likely N-dealkylation sites (N-methyl/N-ethyl adjacent to an activating group) is 1. The molecule has 0 aromatic heterocycles. The summed E-state index contributed by atoms with van der Waals surface area (Å²) in [6, 6.07) is -0.732. The molecule has 0 saturated carbocycles. The molecule has 8 nitrogen and oxygen atoms in total. The van der Waals surface area contributed by atoms with Crippen LogP contribution in [0.25, 0.3) is 0 Å². The first-order valence-corrected chi connectivity index (χ1v) is 21.5. The highest BCUT2D eigenvalue weighted by molar-refractivity contribution is 5.70. The number of aliphatic carboxylic acids is 1. The van der Waals surface area contributed by atoms with Crippen molar-refractivity contribution in [2.24, 2.45) is 0 Å². The van der Waals surface area contributed by atoms with E-state index < -0.39 is 18.1 Å². The number of allylic oxidation sites excluding steroid dienone is 12. The third kappa shape index (κ3) is 36.2. The van der Waals surface area contributed by atoms with Gasteiger partial charge in [-0.1, -0.05) is 145 Å². The number of ether oxygens (including phenoxy) is 3. The second kappa shape index (κ2) is 37.7. The van der Waals surface area contributed by atoms with E-state index in [0.29, 0.717) is 12.8 Å². The van der Waals surface area contributed by atoms with Gasteiger partial charge < -0.3 is 28.6 Å². The minimum absolute atomic E-state index is 0.0274. The second-order valence-electron chi connectivity index (χ2n) is 15.2. The molecule has 0 bridgehead atoms. The summed E-state index contributed by atoms with van der Waals surface area (Å²) in [5.74, 6) is -1.79. The Morgan fingerprint density at radius 1 is 0.564 bits per heavy atom. The fourth-order valence-electron chi connectivity index (χ4n) is 5.78. The maximum atomic E-state index is 12.6. The molecule has 0 radical (unpaired) electrons. The van der Waals surface area contributed by atoms with E-state index in [2.05, 4.69) is 86.8 Å². The summed E-state index contributed by atoms with van der Waals surface area (Å²) in [7, 11) is 5.38. The lowest BCUT2D eigenvalue weighted by Gasteiger charge is -2.34. The van der Waals surface area contributed by atoms with Crippen LogP contribution in [0.2, 0.25) is 0 Å². The van der Waals surface area contributed by atoms with Gasteiger partial charge in [0, 0.05) is 19.3 Å². The molecule has 0 fully saturated rings. The molecule has 314 valence electrons. The number of nitrogens with zero attached hydrogens (tertiary/aromatic N) is 1. The van der Waals surface area contributed by atoms with Gasteiger partial charge in [0.05, 0.1) is 40.3 Å². The van der Waals surface area contributed by atoms with Crippen LogP contribution in [0.5, 0.6) is 0 Å². The molecular formula is C47H79NO7. The first-order valence-electron chi connectivity index (χ1n) is 21.5. The molecule has 0 saturated heterocycles. The average Bonchev–Trinajstić information content (AvgIpc) is 3.14. The van der Waals surface area contributed by atoms with E-state index in [0.717, 1.165) is 83.5 Å². The molecular weight excluding hydrogens is 691 g/mol. The predicted octanol–water partition coefficient (Wildman–Crippen LogP) is 10.2. The Kier molecular flexibility index (Phi) is 35.5. The lowest BCUT2D eigenvalue weighted by Crippen LogP contribution is -2.55. The van der Waals surface area contributed by atoms with Gasteiger partial charge in [0.25, 0.3) is 0 Å². The van der Waals surface area contributed by atoms with Crippen LogP contribution in [0.3, 0.4) is 0 Å². The smallest absolute Gasteiger partial charge is 0.306 e. The van der Waals surface area contributed by atoms with E-state index in [-0.39, 0.29) is 42.7 Å². The third-order valence-corrected chi connectivity index (χ3v) is 9.11. The quantitative estimate of drug-likeness (QED) is 0.0268. The van der Waals surface area contributed by atoms with Crippen LogP contribution in [0.4, 0.5) is 0 Å². The van der Waals surface area contributed by atoms with Crippen LogP contribution < -0.4 is 5.11 Å². The molecule has 0 aliphatic heterocycles. The SMILES string of the molecule is CC/C=C/C/C=C/C/C=C/C/C=C/C/C=C/C/C=C/CCCCCC(=O)OCC(COCCC(C(=O)[O-])[N+](C)(C)C)OC(=O)CCCCCCCCCCC. The Morgan fingerprint density at radius 2 is 1.02 bits per heavy atom. The largest absolute Gasteiger partial charge is 0.544 e. The highest BCUT2D eigenvalue weighted by atomic mass is 16.6. The van der Waals surface area contributed by atoms with Crippen molar-refractivity contribution >= 4 is 17.9 Å². The summed E-state index contributed by atoms with van der Waals surface area (Å²) in [4.78, 5) is 36.7. The molecule has 0 rings (SSSR count). The zero-order chi connectivity index (χ0) is 40.7. The Bertz CT molecular complexity index is 1130. The molecule has 0 aromatic carbocycles. The summed E-state index contributed by atoms with van der Waals surface area (Å²) < 4.78 is 17.1. The molecule has 0 aliphatic rings. The zero-order valence-corrected chi connectivity index (χ0v) is 35.6. The summed E-state index contributed by atoms with van der Waals surface area (Å²) in [6.07, 6.45) is 46.5. The van der Waals surface area contributed by atoms with Gasteiger partial charge in [-0.25, -0.2) is 0 Å². The van der Waals surface area contributed by atoms with Crippen molar-refractivity contribution in [3.63, 3.8) is 0 Å². The number of unbranched alkanes of at least 4 members (excludes halogenated alkanes) is 11. The molecule has 0 heterocycles. The van der Waals surface area contributed by atoms with Gasteiger partial charge in [-0.15, -0.1) is 0 Å². The fourth-order valence-corrected chi connectivity index (χ4v) is 5.78. The van der Waals surface area contributed by atoms with Gasteiger partial charge in [0.1, 0.15) is 12.6 Å². The molecule has 2 atom stereocenters. The minimum Gasteiger partial charge on any atom is -0.544 e. The topological polar surface area (TPSA) is 102 Å². The van der Waals surface area contributed by atoms with Crippen LogP contribution in [-0.2, 0) is 28.6 Å². The second-order valence-corrected chi connectivity index (χ2v) is 15.2. The van der Waals surface area contributed by atoms with Crippen molar-refractivity contribution in [1.82, 2.24) is 0 Å². The third-order valence-electron chi connectivity index (χ3n) is 9.11. The number of carboxylic acid groups (broad SMARTS) is 1. The van der Waals surface area contributed by atoms with Crippen LogP contribution in [0.15, 0.2) is 72.9 Å². The van der Waals surface area contributed by atoms with Crippen molar-refractivity contribution in [3.05, 3.63) is 72.9 Å². The van der Waals surface area contributed by atoms with Gasteiger partial charge in [-0.3, -0.25) is 9.59 Å². The van der Waals surface area contributed by atoms with E-state index in [9.17, 15) is 19.5 Å². The number of quaternary nitrogens is 1. The molecule has 55 heavy (non-hydrogen) atoms. The lowest BCUT2D eigenvalue weighted by atomic mass is 10.1. The lowest BCUT2D eigenvalue weighted by molar-refractivity contribution is -0.889.